The van der Waals surface area contributed by atoms with Crippen LogP contribution in [0.1, 0.15) is 87.6 Å². The molecule has 0 aromatic heterocycles. The van der Waals surface area contributed by atoms with Crippen LogP contribution in [0.15, 0.2) is 60.7 Å². The fourth-order valence-electron chi connectivity index (χ4n) is 3.84. The van der Waals surface area contributed by atoms with Crippen molar-refractivity contribution in [3.8, 4) is 0 Å². The molecule has 0 fully saturated rings. The summed E-state index contributed by atoms with van der Waals surface area (Å²) in [5, 5.41) is 0. The van der Waals surface area contributed by atoms with Crippen molar-refractivity contribution >= 4 is 11.8 Å². The molecule has 4 heteroatoms. The third-order valence-corrected chi connectivity index (χ3v) is 5.64. The summed E-state index contributed by atoms with van der Waals surface area (Å²) < 4.78 is 11.7. The average molecular weight is 439 g/mol. The quantitative estimate of drug-likeness (QED) is 0.163. The predicted octanol–water partition coefficient (Wildman–Crippen LogP) is 6.88. The van der Waals surface area contributed by atoms with Gasteiger partial charge in [-0.05, 0) is 24.8 Å². The van der Waals surface area contributed by atoms with Gasteiger partial charge in [-0.15, -0.1) is 0 Å². The van der Waals surface area contributed by atoms with Crippen molar-refractivity contribution in [3.63, 3.8) is 0 Å². The van der Waals surface area contributed by atoms with E-state index in [9.17, 15) is 9.59 Å². The molecule has 0 bridgehead atoms. The average Bonchev–Trinajstić information content (AvgIpc) is 2.84. The molecular weight excluding hydrogens is 400 g/mol. The fourth-order valence-corrected chi connectivity index (χ4v) is 3.84. The highest BCUT2D eigenvalue weighted by atomic mass is 16.5. The summed E-state index contributed by atoms with van der Waals surface area (Å²) in [4.78, 5) is 26.1. The van der Waals surface area contributed by atoms with E-state index in [0.29, 0.717) is 18.8 Å². The van der Waals surface area contributed by atoms with Crippen LogP contribution in [-0.2, 0) is 19.9 Å². The van der Waals surface area contributed by atoms with Gasteiger partial charge in [0.15, 0.2) is 11.4 Å². The lowest BCUT2D eigenvalue weighted by Crippen LogP contribution is -2.40. The van der Waals surface area contributed by atoms with E-state index in [4.69, 9.17) is 9.47 Å². The van der Waals surface area contributed by atoms with E-state index in [1.54, 1.807) is 0 Å². The van der Waals surface area contributed by atoms with E-state index in [0.717, 1.165) is 24.8 Å². The summed E-state index contributed by atoms with van der Waals surface area (Å²) in [5.41, 5.74) is 0.154. The van der Waals surface area contributed by atoms with Crippen molar-refractivity contribution < 1.29 is 19.1 Å². The minimum atomic E-state index is -1.21. The lowest BCUT2D eigenvalue weighted by atomic mass is 9.82. The van der Waals surface area contributed by atoms with Gasteiger partial charge in [0.2, 0.25) is 0 Å². The Hall–Kier alpha value is -2.46. The molecule has 2 aromatic carbocycles. The molecule has 1 unspecified atom stereocenters. The van der Waals surface area contributed by atoms with Crippen LogP contribution in [0.3, 0.4) is 0 Å². The normalized spacial score (nSPS) is 12.8. The summed E-state index contributed by atoms with van der Waals surface area (Å²) in [7, 11) is 0. The molecule has 174 valence electrons. The molecular formula is C28H38O4. The Morgan fingerprint density at radius 3 is 2.03 bits per heavy atom. The number of hydrogen-bond acceptors (Lipinski definition) is 4. The molecule has 0 N–H and O–H groups in total. The van der Waals surface area contributed by atoms with Crippen molar-refractivity contribution in [3.05, 3.63) is 71.8 Å². The van der Waals surface area contributed by atoms with E-state index in [1.165, 1.54) is 25.7 Å². The number of esters is 1. The lowest BCUT2D eigenvalue weighted by molar-refractivity contribution is -0.145. The summed E-state index contributed by atoms with van der Waals surface area (Å²) in [6.45, 7) is 5.04. The van der Waals surface area contributed by atoms with Crippen LogP contribution in [0.5, 0.6) is 0 Å². The first kappa shape index (κ1) is 25.8. The van der Waals surface area contributed by atoms with Gasteiger partial charge in [0.05, 0.1) is 6.61 Å². The highest BCUT2D eigenvalue weighted by Gasteiger charge is 2.42. The van der Waals surface area contributed by atoms with E-state index in [-0.39, 0.29) is 24.6 Å². The van der Waals surface area contributed by atoms with E-state index in [2.05, 4.69) is 6.92 Å². The first-order valence-corrected chi connectivity index (χ1v) is 12.1. The first-order valence-electron chi connectivity index (χ1n) is 12.1. The maximum Gasteiger partial charge on any atom is 0.305 e. The van der Waals surface area contributed by atoms with Gasteiger partial charge in [0.1, 0.15) is 0 Å². The Labute approximate surface area is 193 Å². The van der Waals surface area contributed by atoms with Crippen LogP contribution >= 0.6 is 0 Å². The molecule has 0 heterocycles. The minimum Gasteiger partial charge on any atom is -0.466 e. The molecule has 0 aliphatic carbocycles. The molecule has 0 amide bonds. The van der Waals surface area contributed by atoms with Crippen molar-refractivity contribution in [2.24, 2.45) is 0 Å². The topological polar surface area (TPSA) is 52.6 Å². The van der Waals surface area contributed by atoms with Gasteiger partial charge in [-0.1, -0.05) is 107 Å². The summed E-state index contributed by atoms with van der Waals surface area (Å²) in [5.74, 6) is -0.408. The second kappa shape index (κ2) is 14.6. The van der Waals surface area contributed by atoms with Gasteiger partial charge >= 0.3 is 5.97 Å². The molecule has 0 aliphatic rings. The van der Waals surface area contributed by atoms with Gasteiger partial charge in [-0.2, -0.15) is 0 Å². The van der Waals surface area contributed by atoms with Gasteiger partial charge in [0, 0.05) is 18.6 Å². The van der Waals surface area contributed by atoms with Crippen LogP contribution in [0, 0.1) is 0 Å². The van der Waals surface area contributed by atoms with Gasteiger partial charge in [0.25, 0.3) is 0 Å². The Balaban J connectivity index is 2.25. The van der Waals surface area contributed by atoms with Crippen LogP contribution < -0.4 is 0 Å². The van der Waals surface area contributed by atoms with Gasteiger partial charge in [-0.3, -0.25) is 9.59 Å². The molecule has 2 rings (SSSR count). The number of hydrogen-bond donors (Lipinski definition) is 0. The molecule has 1 atom stereocenters. The molecule has 0 saturated carbocycles. The van der Waals surface area contributed by atoms with E-state index < -0.39 is 5.60 Å². The SMILES string of the molecule is CCCCCCCCOC(CCC(=O)OCCC)(C(=O)c1ccccc1)c1ccccc1. The molecule has 0 spiro atoms. The Bertz CT molecular complexity index is 788. The number of Topliss-reactive ketones (excluding diaryl/α,β-unsaturated/α-hetero) is 1. The van der Waals surface area contributed by atoms with Crippen LogP contribution in [-0.4, -0.2) is 25.0 Å². The zero-order valence-corrected chi connectivity index (χ0v) is 19.7. The van der Waals surface area contributed by atoms with Crippen LogP contribution in [0.25, 0.3) is 0 Å². The minimum absolute atomic E-state index is 0.112. The molecule has 0 saturated heterocycles. The maximum atomic E-state index is 13.8. The van der Waals surface area contributed by atoms with Crippen molar-refractivity contribution in [2.45, 2.75) is 77.2 Å². The molecule has 0 radical (unpaired) electrons. The highest BCUT2D eigenvalue weighted by Crippen LogP contribution is 2.35. The Kier molecular flexibility index (Phi) is 11.7. The first-order chi connectivity index (χ1) is 15.6. The van der Waals surface area contributed by atoms with Gasteiger partial charge < -0.3 is 9.47 Å². The zero-order chi connectivity index (χ0) is 23.1. The smallest absolute Gasteiger partial charge is 0.305 e. The fraction of sp³-hybridized carbons (Fsp3) is 0.500. The number of carbonyl (C=O) groups excluding carboxylic acids is 2. The highest BCUT2D eigenvalue weighted by molar-refractivity contribution is 6.03. The second-order valence-electron chi connectivity index (χ2n) is 8.22. The molecule has 4 nitrogen and oxygen atoms in total. The Morgan fingerprint density at radius 2 is 1.38 bits per heavy atom. The number of rotatable bonds is 16. The zero-order valence-electron chi connectivity index (χ0n) is 19.7. The summed E-state index contributed by atoms with van der Waals surface area (Å²) in [6, 6.07) is 18.8. The summed E-state index contributed by atoms with van der Waals surface area (Å²) >= 11 is 0. The Morgan fingerprint density at radius 1 is 0.750 bits per heavy atom. The van der Waals surface area contributed by atoms with Crippen molar-refractivity contribution in [1.82, 2.24) is 0 Å². The van der Waals surface area contributed by atoms with E-state index >= 15 is 0 Å². The number of unbranched alkanes of at least 4 members (excludes halogenated alkanes) is 5. The number of benzene rings is 2. The molecule has 0 aliphatic heterocycles. The van der Waals surface area contributed by atoms with Gasteiger partial charge in [-0.25, -0.2) is 0 Å². The standard InChI is InChI=1S/C28H38O4/c1-3-5-6-7-8-15-23-32-28(25-18-13-10-14-19-25,21-20-26(29)31-22-4-2)27(30)24-16-11-9-12-17-24/h9-14,16-19H,3-8,15,20-23H2,1-2H3. The monoisotopic (exact) mass is 438 g/mol. The van der Waals surface area contributed by atoms with Crippen molar-refractivity contribution in [1.29, 1.82) is 0 Å². The lowest BCUT2D eigenvalue weighted by Gasteiger charge is -2.33. The number of carbonyl (C=O) groups is 2. The van der Waals surface area contributed by atoms with Crippen LogP contribution in [0.4, 0.5) is 0 Å². The maximum absolute atomic E-state index is 13.8. The van der Waals surface area contributed by atoms with Crippen molar-refractivity contribution in [2.75, 3.05) is 13.2 Å². The number of ketones is 1. The van der Waals surface area contributed by atoms with Crippen LogP contribution in [0.2, 0.25) is 0 Å². The second-order valence-corrected chi connectivity index (χ2v) is 8.22. The van der Waals surface area contributed by atoms with E-state index in [1.807, 2.05) is 67.6 Å². The molecule has 2 aromatic rings. The largest absolute Gasteiger partial charge is 0.466 e. The third-order valence-electron chi connectivity index (χ3n) is 5.64. The number of ether oxygens (including phenoxy) is 2. The molecule has 32 heavy (non-hydrogen) atoms. The predicted molar refractivity (Wildman–Crippen MR) is 129 cm³/mol. The third kappa shape index (κ3) is 7.90. The summed E-state index contributed by atoms with van der Waals surface area (Å²) in [6.07, 6.45) is 7.98.